The van der Waals surface area contributed by atoms with E-state index in [1.54, 1.807) is 6.20 Å². The lowest BCUT2D eigenvalue weighted by Gasteiger charge is -2.31. The minimum Gasteiger partial charge on any atom is -0.370 e. The lowest BCUT2D eigenvalue weighted by atomic mass is 10.0. The van der Waals surface area contributed by atoms with Gasteiger partial charge in [-0.3, -0.25) is 20.1 Å². The van der Waals surface area contributed by atoms with Gasteiger partial charge in [-0.05, 0) is 37.1 Å². The SMILES string of the molecule is NC1CCN(c2cncc(-c3n[nH]c4cnc(-c5cccnc5)cc34)c2)CC1. The van der Waals surface area contributed by atoms with Gasteiger partial charge in [-0.25, -0.2) is 0 Å². The topological polar surface area (TPSA) is 96.6 Å². The maximum absolute atomic E-state index is 6.04. The van der Waals surface area contributed by atoms with Gasteiger partial charge in [0, 0.05) is 54.2 Å². The highest BCUT2D eigenvalue weighted by atomic mass is 15.1. The van der Waals surface area contributed by atoms with E-state index in [-0.39, 0.29) is 0 Å². The zero-order valence-electron chi connectivity index (χ0n) is 15.4. The molecular weight excluding hydrogens is 350 g/mol. The Bertz CT molecular complexity index is 1100. The molecule has 3 N–H and O–H groups in total. The van der Waals surface area contributed by atoms with Crippen molar-refractivity contribution in [3.63, 3.8) is 0 Å². The maximum Gasteiger partial charge on any atom is 0.102 e. The predicted octanol–water partition coefficient (Wildman–Crippen LogP) is 3.01. The molecule has 7 nitrogen and oxygen atoms in total. The largest absolute Gasteiger partial charge is 0.370 e. The van der Waals surface area contributed by atoms with Crippen molar-refractivity contribution in [1.29, 1.82) is 0 Å². The highest BCUT2D eigenvalue weighted by molar-refractivity contribution is 5.94. The Balaban J connectivity index is 1.53. The summed E-state index contributed by atoms with van der Waals surface area (Å²) < 4.78 is 0. The number of pyridine rings is 3. The van der Waals surface area contributed by atoms with E-state index in [0.717, 1.165) is 65.0 Å². The highest BCUT2D eigenvalue weighted by Gasteiger charge is 2.18. The molecule has 5 rings (SSSR count). The molecule has 1 aliphatic rings. The number of H-pyrrole nitrogens is 1. The van der Waals surface area contributed by atoms with E-state index in [0.29, 0.717) is 6.04 Å². The predicted molar refractivity (Wildman–Crippen MR) is 110 cm³/mol. The third-order valence-corrected chi connectivity index (χ3v) is 5.31. The number of aromatic amines is 1. The number of hydrogen-bond donors (Lipinski definition) is 2. The maximum atomic E-state index is 6.04. The summed E-state index contributed by atoms with van der Waals surface area (Å²) in [6.07, 6.45) is 11.2. The van der Waals surface area contributed by atoms with E-state index in [4.69, 9.17) is 5.73 Å². The lowest BCUT2D eigenvalue weighted by Crippen LogP contribution is -2.39. The standard InChI is InChI=1S/C21H21N7/c22-16-3-6-28(7-4-16)17-8-15(11-24-12-17)21-18-9-19(14-2-1-5-23-10-14)25-13-20(18)26-27-21/h1-2,5,8-13,16H,3-4,6-7,22H2,(H,26,27). The third kappa shape index (κ3) is 3.10. The number of nitrogens with two attached hydrogens (primary N) is 1. The molecule has 140 valence electrons. The fourth-order valence-electron chi connectivity index (χ4n) is 3.70. The summed E-state index contributed by atoms with van der Waals surface area (Å²) in [7, 11) is 0. The van der Waals surface area contributed by atoms with Crippen LogP contribution in [0.15, 0.2) is 55.2 Å². The summed E-state index contributed by atoms with van der Waals surface area (Å²) in [4.78, 5) is 15.5. The average molecular weight is 371 g/mol. The van der Waals surface area contributed by atoms with Crippen molar-refractivity contribution < 1.29 is 0 Å². The Kier molecular flexibility index (Phi) is 4.21. The van der Waals surface area contributed by atoms with Gasteiger partial charge < -0.3 is 10.6 Å². The molecule has 1 aliphatic heterocycles. The first-order valence-corrected chi connectivity index (χ1v) is 9.48. The lowest BCUT2D eigenvalue weighted by molar-refractivity contribution is 0.501. The summed E-state index contributed by atoms with van der Waals surface area (Å²) in [5.74, 6) is 0. The van der Waals surface area contributed by atoms with Gasteiger partial charge in [-0.1, -0.05) is 0 Å². The summed E-state index contributed by atoms with van der Waals surface area (Å²) in [6.45, 7) is 1.92. The molecule has 0 unspecified atom stereocenters. The average Bonchev–Trinajstić information content (AvgIpc) is 3.18. The van der Waals surface area contributed by atoms with Crippen molar-refractivity contribution in [2.45, 2.75) is 18.9 Å². The molecule has 1 fully saturated rings. The zero-order chi connectivity index (χ0) is 18.9. The van der Waals surface area contributed by atoms with Gasteiger partial charge in [0.15, 0.2) is 0 Å². The number of piperidine rings is 1. The van der Waals surface area contributed by atoms with E-state index < -0.39 is 0 Å². The molecule has 0 spiro atoms. The molecule has 0 saturated carbocycles. The molecule has 1 saturated heterocycles. The Morgan fingerprint density at radius 2 is 1.86 bits per heavy atom. The van der Waals surface area contributed by atoms with Crippen LogP contribution in [0.4, 0.5) is 5.69 Å². The van der Waals surface area contributed by atoms with Crippen molar-refractivity contribution in [2.75, 3.05) is 18.0 Å². The smallest absolute Gasteiger partial charge is 0.102 e. The number of hydrogen-bond acceptors (Lipinski definition) is 6. The minimum absolute atomic E-state index is 0.307. The van der Waals surface area contributed by atoms with E-state index >= 15 is 0 Å². The zero-order valence-corrected chi connectivity index (χ0v) is 15.4. The van der Waals surface area contributed by atoms with Crippen LogP contribution in [-0.2, 0) is 0 Å². The van der Waals surface area contributed by atoms with Gasteiger partial charge >= 0.3 is 0 Å². The molecule has 0 atom stereocenters. The fourth-order valence-corrected chi connectivity index (χ4v) is 3.70. The van der Waals surface area contributed by atoms with E-state index in [9.17, 15) is 0 Å². The molecule has 28 heavy (non-hydrogen) atoms. The quantitative estimate of drug-likeness (QED) is 0.575. The minimum atomic E-state index is 0.307. The van der Waals surface area contributed by atoms with Gasteiger partial charge in [0.1, 0.15) is 5.69 Å². The van der Waals surface area contributed by atoms with Crippen LogP contribution < -0.4 is 10.6 Å². The normalized spacial score (nSPS) is 15.2. The summed E-state index contributed by atoms with van der Waals surface area (Å²) in [6, 6.07) is 8.43. The van der Waals surface area contributed by atoms with Gasteiger partial charge in [-0.2, -0.15) is 5.10 Å². The Labute approximate surface area is 162 Å². The van der Waals surface area contributed by atoms with Crippen molar-refractivity contribution in [2.24, 2.45) is 5.73 Å². The third-order valence-electron chi connectivity index (χ3n) is 5.31. The second kappa shape index (κ2) is 7.01. The van der Waals surface area contributed by atoms with Crippen LogP contribution in [0, 0.1) is 0 Å². The molecule has 0 aromatic carbocycles. The van der Waals surface area contributed by atoms with E-state index in [1.165, 1.54) is 0 Å². The number of rotatable bonds is 3. The summed E-state index contributed by atoms with van der Waals surface area (Å²) in [5.41, 5.74) is 11.8. The second-order valence-electron chi connectivity index (χ2n) is 7.19. The first-order chi connectivity index (χ1) is 13.8. The van der Waals surface area contributed by atoms with Gasteiger partial charge in [0.05, 0.1) is 29.3 Å². The molecule has 5 heterocycles. The molecule has 7 heteroatoms. The van der Waals surface area contributed by atoms with Crippen LogP contribution in [0.25, 0.3) is 33.4 Å². The number of nitrogens with zero attached hydrogens (tertiary/aromatic N) is 5. The first kappa shape index (κ1) is 16.8. The molecule has 0 amide bonds. The van der Waals surface area contributed by atoms with Crippen molar-refractivity contribution in [3.8, 4) is 22.5 Å². The van der Waals surface area contributed by atoms with Crippen molar-refractivity contribution in [3.05, 3.63) is 55.2 Å². The number of aromatic nitrogens is 5. The first-order valence-electron chi connectivity index (χ1n) is 9.48. The van der Waals surface area contributed by atoms with E-state index in [1.807, 2.05) is 36.9 Å². The Hall–Kier alpha value is -3.32. The highest BCUT2D eigenvalue weighted by Crippen LogP contribution is 2.31. The van der Waals surface area contributed by atoms with Crippen LogP contribution >= 0.6 is 0 Å². The molecular formula is C21H21N7. The van der Waals surface area contributed by atoms with E-state index in [2.05, 4.69) is 42.2 Å². The number of fused-ring (bicyclic) bond motifs is 1. The van der Waals surface area contributed by atoms with Gasteiger partial charge in [0.2, 0.25) is 0 Å². The van der Waals surface area contributed by atoms with Crippen LogP contribution in [0.1, 0.15) is 12.8 Å². The monoisotopic (exact) mass is 371 g/mol. The van der Waals surface area contributed by atoms with Crippen molar-refractivity contribution in [1.82, 2.24) is 25.1 Å². The molecule has 0 aliphatic carbocycles. The second-order valence-corrected chi connectivity index (χ2v) is 7.19. The summed E-state index contributed by atoms with van der Waals surface area (Å²) >= 11 is 0. The molecule has 0 radical (unpaired) electrons. The van der Waals surface area contributed by atoms with Crippen molar-refractivity contribution >= 4 is 16.6 Å². The van der Waals surface area contributed by atoms with Crippen LogP contribution in [0.2, 0.25) is 0 Å². The fraction of sp³-hybridized carbons (Fsp3) is 0.238. The molecule has 4 aromatic rings. The summed E-state index contributed by atoms with van der Waals surface area (Å²) in [5, 5.41) is 8.65. The van der Waals surface area contributed by atoms with Gasteiger partial charge in [-0.15, -0.1) is 0 Å². The molecule has 0 bridgehead atoms. The number of nitrogens with one attached hydrogen (secondary N) is 1. The Morgan fingerprint density at radius 1 is 1.00 bits per heavy atom. The van der Waals surface area contributed by atoms with Crippen LogP contribution in [0.3, 0.4) is 0 Å². The molecule has 4 aromatic heterocycles. The number of anilines is 1. The van der Waals surface area contributed by atoms with Gasteiger partial charge in [0.25, 0.3) is 0 Å². The van der Waals surface area contributed by atoms with Crippen LogP contribution in [-0.4, -0.2) is 44.3 Å². The Morgan fingerprint density at radius 3 is 2.68 bits per heavy atom. The van der Waals surface area contributed by atoms with Crippen LogP contribution in [0.5, 0.6) is 0 Å².